The Morgan fingerprint density at radius 1 is 1.44 bits per heavy atom. The van der Waals surface area contributed by atoms with Gasteiger partial charge in [-0.2, -0.15) is 5.26 Å². The number of carbonyl (C=O) groups excluding carboxylic acids is 1. The van der Waals surface area contributed by atoms with E-state index < -0.39 is 5.24 Å². The van der Waals surface area contributed by atoms with Gasteiger partial charge in [0.25, 0.3) is 5.24 Å². The smallest absolute Gasteiger partial charge is 0.256 e. The van der Waals surface area contributed by atoms with Crippen LogP contribution in [0.25, 0.3) is 0 Å². The minimum atomic E-state index is -0.550. The fourth-order valence-electron chi connectivity index (χ4n) is 2.68. The van der Waals surface area contributed by atoms with Crippen LogP contribution in [0.3, 0.4) is 0 Å². The van der Waals surface area contributed by atoms with Gasteiger partial charge in [0.05, 0.1) is 18.2 Å². The predicted octanol–water partition coefficient (Wildman–Crippen LogP) is 3.60. The zero-order valence-electron chi connectivity index (χ0n) is 10.2. The van der Waals surface area contributed by atoms with Gasteiger partial charge in [-0.05, 0) is 42.0 Å². The fraction of sp³-hybridized carbons (Fsp3) is 0.429. The molecule has 1 aliphatic rings. The highest BCUT2D eigenvalue weighted by atomic mass is 35.5. The number of benzene rings is 1. The highest BCUT2D eigenvalue weighted by Gasteiger charge is 2.26. The summed E-state index contributed by atoms with van der Waals surface area (Å²) in [5, 5.41) is 8.48. The SMILES string of the molecule is COc1c(C#N)ccc(C2CCCC2)c1C(=O)Cl. The summed E-state index contributed by atoms with van der Waals surface area (Å²) in [6.45, 7) is 0. The number of hydrogen-bond acceptors (Lipinski definition) is 3. The van der Waals surface area contributed by atoms with Crippen LogP contribution in [-0.4, -0.2) is 12.4 Å². The average molecular weight is 264 g/mol. The Hall–Kier alpha value is -1.53. The first-order chi connectivity index (χ1) is 8.69. The van der Waals surface area contributed by atoms with Gasteiger partial charge in [0.1, 0.15) is 11.8 Å². The van der Waals surface area contributed by atoms with Crippen LogP contribution in [0.5, 0.6) is 5.75 Å². The lowest BCUT2D eigenvalue weighted by atomic mass is 9.91. The zero-order chi connectivity index (χ0) is 13.1. The van der Waals surface area contributed by atoms with Crippen LogP contribution in [0.2, 0.25) is 0 Å². The number of hydrogen-bond donors (Lipinski definition) is 0. The summed E-state index contributed by atoms with van der Waals surface area (Å²) in [6, 6.07) is 5.57. The minimum absolute atomic E-state index is 0.307. The quantitative estimate of drug-likeness (QED) is 0.783. The van der Waals surface area contributed by atoms with Crippen LogP contribution in [-0.2, 0) is 0 Å². The van der Waals surface area contributed by atoms with E-state index in [1.165, 1.54) is 20.0 Å². The molecule has 0 amide bonds. The van der Waals surface area contributed by atoms with Crippen molar-refractivity contribution in [3.63, 3.8) is 0 Å². The Bertz CT molecular complexity index is 513. The molecule has 1 aromatic rings. The second-order valence-electron chi connectivity index (χ2n) is 4.48. The number of ether oxygens (including phenoxy) is 1. The number of carbonyl (C=O) groups is 1. The van der Waals surface area contributed by atoms with Gasteiger partial charge in [0, 0.05) is 0 Å². The standard InChI is InChI=1S/C14H14ClNO2/c1-18-13-10(8-16)6-7-11(12(13)14(15)17)9-4-2-3-5-9/h6-7,9H,2-5H2,1H3. The monoisotopic (exact) mass is 263 g/mol. The number of nitriles is 1. The molecule has 0 aromatic heterocycles. The molecule has 0 aliphatic heterocycles. The Kier molecular flexibility index (Phi) is 3.88. The summed E-state index contributed by atoms with van der Waals surface area (Å²) in [5.74, 6) is 0.659. The van der Waals surface area contributed by atoms with E-state index in [4.69, 9.17) is 21.6 Å². The predicted molar refractivity (Wildman–Crippen MR) is 69.1 cm³/mol. The number of methoxy groups -OCH3 is 1. The van der Waals surface area contributed by atoms with E-state index in [-0.39, 0.29) is 0 Å². The third-order valence-corrected chi connectivity index (χ3v) is 3.70. The molecule has 0 heterocycles. The first kappa shape index (κ1) is 12.9. The van der Waals surface area contributed by atoms with Crippen molar-refractivity contribution in [3.8, 4) is 11.8 Å². The van der Waals surface area contributed by atoms with E-state index in [2.05, 4.69) is 0 Å². The summed E-state index contributed by atoms with van der Waals surface area (Å²) in [6.07, 6.45) is 4.46. The molecule has 1 saturated carbocycles. The summed E-state index contributed by atoms with van der Waals surface area (Å²) in [4.78, 5) is 11.6. The topological polar surface area (TPSA) is 50.1 Å². The van der Waals surface area contributed by atoms with E-state index in [1.54, 1.807) is 6.07 Å². The second kappa shape index (κ2) is 5.41. The van der Waals surface area contributed by atoms with Crippen LogP contribution >= 0.6 is 11.6 Å². The van der Waals surface area contributed by atoms with Crippen LogP contribution in [0, 0.1) is 11.3 Å². The second-order valence-corrected chi connectivity index (χ2v) is 4.82. The molecule has 1 aromatic carbocycles. The van der Waals surface area contributed by atoms with Gasteiger partial charge in [-0.25, -0.2) is 0 Å². The van der Waals surface area contributed by atoms with Gasteiger partial charge in [0.2, 0.25) is 0 Å². The largest absolute Gasteiger partial charge is 0.495 e. The van der Waals surface area contributed by atoms with E-state index >= 15 is 0 Å². The first-order valence-electron chi connectivity index (χ1n) is 5.99. The maximum atomic E-state index is 11.6. The summed E-state index contributed by atoms with van der Waals surface area (Å²) < 4.78 is 5.20. The van der Waals surface area contributed by atoms with Crippen molar-refractivity contribution in [2.75, 3.05) is 7.11 Å². The molecule has 4 heteroatoms. The van der Waals surface area contributed by atoms with E-state index in [1.807, 2.05) is 12.1 Å². The summed E-state index contributed by atoms with van der Waals surface area (Å²) >= 11 is 5.67. The molecule has 18 heavy (non-hydrogen) atoms. The van der Waals surface area contributed by atoms with Crippen molar-refractivity contribution in [3.05, 3.63) is 28.8 Å². The molecule has 2 rings (SSSR count). The van der Waals surface area contributed by atoms with E-state index in [0.717, 1.165) is 18.4 Å². The van der Waals surface area contributed by atoms with Crippen LogP contribution < -0.4 is 4.74 Å². The maximum Gasteiger partial charge on any atom is 0.256 e. The Morgan fingerprint density at radius 3 is 2.61 bits per heavy atom. The molecule has 0 radical (unpaired) electrons. The van der Waals surface area contributed by atoms with Gasteiger partial charge in [-0.1, -0.05) is 18.9 Å². The Labute approximate surface area is 111 Å². The molecule has 1 fully saturated rings. The summed E-state index contributed by atoms with van der Waals surface area (Å²) in [7, 11) is 1.46. The third-order valence-electron chi connectivity index (χ3n) is 3.51. The minimum Gasteiger partial charge on any atom is -0.495 e. The molecule has 0 bridgehead atoms. The molecule has 0 unspecified atom stereocenters. The molecular weight excluding hydrogens is 250 g/mol. The maximum absolute atomic E-state index is 11.6. The van der Waals surface area contributed by atoms with Crippen molar-refractivity contribution in [2.45, 2.75) is 31.6 Å². The number of rotatable bonds is 3. The van der Waals surface area contributed by atoms with Crippen molar-refractivity contribution < 1.29 is 9.53 Å². The lowest BCUT2D eigenvalue weighted by Gasteiger charge is -2.16. The lowest BCUT2D eigenvalue weighted by Crippen LogP contribution is -2.06. The normalized spacial score (nSPS) is 15.4. The van der Waals surface area contributed by atoms with Crippen molar-refractivity contribution in [1.82, 2.24) is 0 Å². The van der Waals surface area contributed by atoms with Crippen molar-refractivity contribution in [2.24, 2.45) is 0 Å². The van der Waals surface area contributed by atoms with Gasteiger partial charge in [-0.3, -0.25) is 4.79 Å². The van der Waals surface area contributed by atoms with E-state index in [9.17, 15) is 4.79 Å². The molecule has 1 aliphatic carbocycles. The molecular formula is C14H14ClNO2. The molecule has 0 spiro atoms. The summed E-state index contributed by atoms with van der Waals surface area (Å²) in [5.41, 5.74) is 1.64. The van der Waals surface area contributed by atoms with Crippen molar-refractivity contribution in [1.29, 1.82) is 5.26 Å². The highest BCUT2D eigenvalue weighted by molar-refractivity contribution is 6.68. The Balaban J connectivity index is 2.59. The highest BCUT2D eigenvalue weighted by Crippen LogP contribution is 2.40. The van der Waals surface area contributed by atoms with Gasteiger partial charge < -0.3 is 4.74 Å². The lowest BCUT2D eigenvalue weighted by molar-refractivity contribution is 0.107. The third kappa shape index (κ3) is 2.21. The van der Waals surface area contributed by atoms with E-state index in [0.29, 0.717) is 22.8 Å². The van der Waals surface area contributed by atoms with Gasteiger partial charge >= 0.3 is 0 Å². The first-order valence-corrected chi connectivity index (χ1v) is 6.37. The average Bonchev–Trinajstić information content (AvgIpc) is 2.90. The molecule has 0 saturated heterocycles. The number of nitrogens with zero attached hydrogens (tertiary/aromatic N) is 1. The molecule has 94 valence electrons. The van der Waals surface area contributed by atoms with Crippen molar-refractivity contribution >= 4 is 16.8 Å². The van der Waals surface area contributed by atoms with Crippen LogP contribution in [0.1, 0.15) is 53.1 Å². The fourth-order valence-corrected chi connectivity index (χ4v) is 2.87. The van der Waals surface area contributed by atoms with Gasteiger partial charge in [-0.15, -0.1) is 0 Å². The Morgan fingerprint density at radius 2 is 2.11 bits per heavy atom. The zero-order valence-corrected chi connectivity index (χ0v) is 11.0. The molecule has 0 atom stereocenters. The van der Waals surface area contributed by atoms with Crippen LogP contribution in [0.15, 0.2) is 12.1 Å². The molecule has 0 N–H and O–H groups in total. The molecule has 3 nitrogen and oxygen atoms in total. The number of halogens is 1. The van der Waals surface area contributed by atoms with Crippen LogP contribution in [0.4, 0.5) is 0 Å². The van der Waals surface area contributed by atoms with Gasteiger partial charge in [0.15, 0.2) is 0 Å².